The van der Waals surface area contributed by atoms with E-state index in [1.54, 1.807) is 18.2 Å². The number of fused-ring (bicyclic) bond motifs is 1. The SMILES string of the molecule is O=C1CCc2c(CP(=O)(O)O)cccc21. The molecule has 15 heavy (non-hydrogen) atoms. The number of carbonyl (C=O) groups excluding carboxylic acids is 1. The molecule has 0 bridgehead atoms. The van der Waals surface area contributed by atoms with Crippen molar-refractivity contribution in [3.8, 4) is 0 Å². The van der Waals surface area contributed by atoms with Crippen molar-refractivity contribution in [2.45, 2.75) is 19.0 Å². The summed E-state index contributed by atoms with van der Waals surface area (Å²) in [7, 11) is -4.05. The van der Waals surface area contributed by atoms with Crippen LogP contribution in [0.3, 0.4) is 0 Å². The zero-order valence-electron chi connectivity index (χ0n) is 8.01. The maximum atomic E-state index is 11.4. The molecule has 0 spiro atoms. The lowest BCUT2D eigenvalue weighted by atomic mass is 10.0. The van der Waals surface area contributed by atoms with Gasteiger partial charge in [0.05, 0.1) is 6.16 Å². The summed E-state index contributed by atoms with van der Waals surface area (Å²) in [6, 6.07) is 5.07. The summed E-state index contributed by atoms with van der Waals surface area (Å²) in [6.07, 6.45) is 0.779. The van der Waals surface area contributed by atoms with E-state index >= 15 is 0 Å². The minimum atomic E-state index is -4.05. The zero-order chi connectivity index (χ0) is 11.1. The molecule has 0 radical (unpaired) electrons. The standard InChI is InChI=1S/C10H11O4P/c11-10-5-4-8-7(6-15(12,13)14)2-1-3-9(8)10/h1-3H,4-6H2,(H2,12,13,14). The normalized spacial score (nSPS) is 15.5. The van der Waals surface area contributed by atoms with Gasteiger partial charge < -0.3 is 9.79 Å². The molecule has 0 fully saturated rings. The summed E-state index contributed by atoms with van der Waals surface area (Å²) >= 11 is 0. The van der Waals surface area contributed by atoms with Gasteiger partial charge in [0, 0.05) is 12.0 Å². The Kier molecular flexibility index (Phi) is 2.51. The molecular weight excluding hydrogens is 215 g/mol. The molecule has 0 saturated carbocycles. The molecule has 0 aliphatic heterocycles. The van der Waals surface area contributed by atoms with E-state index in [0.29, 0.717) is 24.0 Å². The third-order valence-electron chi connectivity index (χ3n) is 2.55. The first-order valence-electron chi connectivity index (χ1n) is 4.66. The molecule has 1 aliphatic carbocycles. The van der Waals surface area contributed by atoms with Crippen LogP contribution in [-0.4, -0.2) is 15.6 Å². The fraction of sp³-hybridized carbons (Fsp3) is 0.300. The molecule has 0 unspecified atom stereocenters. The van der Waals surface area contributed by atoms with E-state index in [2.05, 4.69) is 0 Å². The van der Waals surface area contributed by atoms with Crippen molar-refractivity contribution >= 4 is 13.4 Å². The number of Topliss-reactive ketones (excluding diaryl/α,β-unsaturated/α-hetero) is 1. The van der Waals surface area contributed by atoms with Crippen molar-refractivity contribution < 1.29 is 19.1 Å². The van der Waals surface area contributed by atoms with E-state index in [9.17, 15) is 9.36 Å². The van der Waals surface area contributed by atoms with Crippen LogP contribution in [0, 0.1) is 0 Å². The molecule has 2 rings (SSSR count). The van der Waals surface area contributed by atoms with Gasteiger partial charge in [-0.05, 0) is 17.5 Å². The third-order valence-corrected chi connectivity index (χ3v) is 3.30. The summed E-state index contributed by atoms with van der Waals surface area (Å²) in [4.78, 5) is 29.2. The van der Waals surface area contributed by atoms with Crippen LogP contribution in [0.4, 0.5) is 0 Å². The molecule has 0 amide bonds. The summed E-state index contributed by atoms with van der Waals surface area (Å²) < 4.78 is 10.9. The molecular formula is C10H11O4P. The number of hydrogen-bond acceptors (Lipinski definition) is 2. The van der Waals surface area contributed by atoms with E-state index in [1.165, 1.54) is 0 Å². The summed E-state index contributed by atoms with van der Waals surface area (Å²) in [5.41, 5.74) is 2.04. The molecule has 0 aromatic heterocycles. The Bertz CT molecular complexity index is 460. The number of rotatable bonds is 2. The first kappa shape index (κ1) is 10.6. The highest BCUT2D eigenvalue weighted by Crippen LogP contribution is 2.41. The number of ketones is 1. The van der Waals surface area contributed by atoms with Crippen molar-refractivity contribution in [2.75, 3.05) is 0 Å². The molecule has 80 valence electrons. The molecule has 0 atom stereocenters. The van der Waals surface area contributed by atoms with Crippen LogP contribution in [0.25, 0.3) is 0 Å². The van der Waals surface area contributed by atoms with Crippen LogP contribution in [0.5, 0.6) is 0 Å². The molecule has 0 saturated heterocycles. The molecule has 0 heterocycles. The number of carbonyl (C=O) groups is 1. The predicted octanol–water partition coefficient (Wildman–Crippen LogP) is 1.49. The molecule has 1 aliphatic rings. The van der Waals surface area contributed by atoms with Crippen LogP contribution < -0.4 is 0 Å². The first-order chi connectivity index (χ1) is 6.97. The lowest BCUT2D eigenvalue weighted by Gasteiger charge is -2.08. The average molecular weight is 226 g/mol. The quantitative estimate of drug-likeness (QED) is 0.749. The van der Waals surface area contributed by atoms with Gasteiger partial charge in [0.2, 0.25) is 0 Å². The van der Waals surface area contributed by atoms with E-state index in [-0.39, 0.29) is 11.9 Å². The number of benzene rings is 1. The highest BCUT2D eigenvalue weighted by Gasteiger charge is 2.24. The lowest BCUT2D eigenvalue weighted by Crippen LogP contribution is -1.96. The largest absolute Gasteiger partial charge is 0.329 e. The minimum absolute atomic E-state index is 0.0672. The molecule has 4 nitrogen and oxygen atoms in total. The van der Waals surface area contributed by atoms with Gasteiger partial charge in [-0.2, -0.15) is 0 Å². The molecule has 2 N–H and O–H groups in total. The average Bonchev–Trinajstić information content (AvgIpc) is 2.47. The second kappa shape index (κ2) is 3.56. The topological polar surface area (TPSA) is 74.6 Å². The van der Waals surface area contributed by atoms with Crippen molar-refractivity contribution in [1.29, 1.82) is 0 Å². The second-order valence-electron chi connectivity index (χ2n) is 3.69. The Morgan fingerprint density at radius 2 is 2.00 bits per heavy atom. The second-order valence-corrected chi connectivity index (χ2v) is 5.33. The molecule has 1 aromatic rings. The number of hydrogen-bond donors (Lipinski definition) is 2. The summed E-state index contributed by atoms with van der Waals surface area (Å²) in [6.45, 7) is 0. The Hall–Kier alpha value is -0.960. The van der Waals surface area contributed by atoms with Gasteiger partial charge in [0.25, 0.3) is 0 Å². The Balaban J connectivity index is 2.43. The van der Waals surface area contributed by atoms with Gasteiger partial charge in [-0.15, -0.1) is 0 Å². The predicted molar refractivity (Wildman–Crippen MR) is 54.8 cm³/mol. The maximum Gasteiger partial charge on any atom is 0.329 e. The third kappa shape index (κ3) is 2.17. The van der Waals surface area contributed by atoms with Gasteiger partial charge >= 0.3 is 7.60 Å². The molecule has 5 heteroatoms. The fourth-order valence-corrected chi connectivity index (χ4v) is 2.67. The van der Waals surface area contributed by atoms with Crippen LogP contribution in [0.1, 0.15) is 27.9 Å². The molecule has 1 aromatic carbocycles. The van der Waals surface area contributed by atoms with Gasteiger partial charge in [0.1, 0.15) is 0 Å². The summed E-state index contributed by atoms with van der Waals surface area (Å²) in [5.74, 6) is 0.0672. The Morgan fingerprint density at radius 3 is 2.67 bits per heavy atom. The van der Waals surface area contributed by atoms with Crippen molar-refractivity contribution in [2.24, 2.45) is 0 Å². The van der Waals surface area contributed by atoms with E-state index < -0.39 is 7.60 Å². The smallest absolute Gasteiger partial charge is 0.324 e. The van der Waals surface area contributed by atoms with Crippen molar-refractivity contribution in [3.05, 3.63) is 34.9 Å². The van der Waals surface area contributed by atoms with Gasteiger partial charge in [-0.1, -0.05) is 18.2 Å². The van der Waals surface area contributed by atoms with Crippen LogP contribution in [0.15, 0.2) is 18.2 Å². The maximum absolute atomic E-state index is 11.4. The fourth-order valence-electron chi connectivity index (χ4n) is 1.93. The van der Waals surface area contributed by atoms with E-state index in [1.807, 2.05) is 0 Å². The van der Waals surface area contributed by atoms with E-state index in [0.717, 1.165) is 5.56 Å². The van der Waals surface area contributed by atoms with Crippen molar-refractivity contribution in [1.82, 2.24) is 0 Å². The van der Waals surface area contributed by atoms with Crippen LogP contribution in [0.2, 0.25) is 0 Å². The van der Waals surface area contributed by atoms with Crippen molar-refractivity contribution in [3.63, 3.8) is 0 Å². The summed E-state index contributed by atoms with van der Waals surface area (Å²) in [5, 5.41) is 0. The Morgan fingerprint density at radius 1 is 1.27 bits per heavy atom. The Labute approximate surface area is 87.1 Å². The highest BCUT2D eigenvalue weighted by atomic mass is 31.2. The van der Waals surface area contributed by atoms with Crippen LogP contribution >= 0.6 is 7.60 Å². The first-order valence-corrected chi connectivity index (χ1v) is 6.46. The zero-order valence-corrected chi connectivity index (χ0v) is 8.91. The van der Waals surface area contributed by atoms with Gasteiger partial charge in [0.15, 0.2) is 5.78 Å². The van der Waals surface area contributed by atoms with Gasteiger partial charge in [-0.3, -0.25) is 9.36 Å². The highest BCUT2D eigenvalue weighted by molar-refractivity contribution is 7.50. The minimum Gasteiger partial charge on any atom is -0.324 e. The lowest BCUT2D eigenvalue weighted by molar-refractivity contribution is 0.0994. The van der Waals surface area contributed by atoms with Gasteiger partial charge in [-0.25, -0.2) is 0 Å². The van der Waals surface area contributed by atoms with Crippen LogP contribution in [-0.2, 0) is 17.1 Å². The van der Waals surface area contributed by atoms with E-state index in [4.69, 9.17) is 9.79 Å². The monoisotopic (exact) mass is 226 g/mol.